The van der Waals surface area contributed by atoms with E-state index in [1.54, 1.807) is 11.9 Å². The van der Waals surface area contributed by atoms with Crippen molar-refractivity contribution in [3.63, 3.8) is 0 Å². The first-order chi connectivity index (χ1) is 5.57. The molecule has 0 aliphatic rings. The number of carbonyl (C=O) groups excluding carboxylic acids is 1. The highest BCUT2D eigenvalue weighted by Crippen LogP contribution is 1.95. The van der Waals surface area contributed by atoms with Crippen molar-refractivity contribution >= 4 is 23.1 Å². The van der Waals surface area contributed by atoms with E-state index in [1.807, 2.05) is 6.92 Å². The van der Waals surface area contributed by atoms with Gasteiger partial charge in [0.05, 0.1) is 4.99 Å². The highest BCUT2D eigenvalue weighted by Gasteiger charge is 2.06. The number of amides is 1. The summed E-state index contributed by atoms with van der Waals surface area (Å²) in [4.78, 5) is 13.3. The Hall–Kier alpha value is -0.640. The molecule has 0 radical (unpaired) electrons. The molecule has 2 N–H and O–H groups in total. The quantitative estimate of drug-likeness (QED) is 0.653. The second kappa shape index (κ2) is 5.94. The molecule has 0 fully saturated rings. The average molecular weight is 188 g/mol. The van der Waals surface area contributed by atoms with Crippen molar-refractivity contribution in [1.29, 1.82) is 0 Å². The summed E-state index contributed by atoms with van der Waals surface area (Å²) in [6.07, 6.45) is 2.10. The average Bonchev–Trinajstić information content (AvgIpc) is 2.00. The molecule has 0 heterocycles. The lowest BCUT2D eigenvalue weighted by atomic mass is 10.3. The summed E-state index contributed by atoms with van der Waals surface area (Å²) in [5.41, 5.74) is 5.31. The minimum Gasteiger partial charge on any atom is -0.393 e. The van der Waals surface area contributed by atoms with Gasteiger partial charge in [-0.15, -0.1) is 0 Å². The van der Waals surface area contributed by atoms with E-state index in [9.17, 15) is 4.79 Å². The van der Waals surface area contributed by atoms with Crippen molar-refractivity contribution < 1.29 is 4.79 Å². The zero-order chi connectivity index (χ0) is 9.56. The SMILES string of the molecule is CCCC(=O)N(C)CCC(N)=S. The third-order valence-corrected chi connectivity index (χ3v) is 1.79. The smallest absolute Gasteiger partial charge is 0.222 e. The van der Waals surface area contributed by atoms with Crippen molar-refractivity contribution in [3.05, 3.63) is 0 Å². The van der Waals surface area contributed by atoms with Gasteiger partial charge in [-0.3, -0.25) is 4.79 Å². The first kappa shape index (κ1) is 11.4. The predicted octanol–water partition coefficient (Wildman–Crippen LogP) is 0.921. The summed E-state index contributed by atoms with van der Waals surface area (Å²) in [6.45, 7) is 2.62. The van der Waals surface area contributed by atoms with Crippen LogP contribution >= 0.6 is 12.2 Å². The molecule has 0 saturated heterocycles. The van der Waals surface area contributed by atoms with Gasteiger partial charge >= 0.3 is 0 Å². The van der Waals surface area contributed by atoms with Crippen molar-refractivity contribution in [2.45, 2.75) is 26.2 Å². The molecule has 3 nitrogen and oxygen atoms in total. The first-order valence-electron chi connectivity index (χ1n) is 4.10. The summed E-state index contributed by atoms with van der Waals surface area (Å²) < 4.78 is 0. The molecule has 0 atom stereocenters. The topological polar surface area (TPSA) is 46.3 Å². The van der Waals surface area contributed by atoms with Crippen LogP contribution in [0.4, 0.5) is 0 Å². The molecule has 70 valence electrons. The normalized spacial score (nSPS) is 9.50. The maximum absolute atomic E-state index is 11.2. The molecular formula is C8H16N2OS. The highest BCUT2D eigenvalue weighted by molar-refractivity contribution is 7.80. The molecule has 0 bridgehead atoms. The lowest BCUT2D eigenvalue weighted by Crippen LogP contribution is -2.29. The van der Waals surface area contributed by atoms with E-state index in [-0.39, 0.29) is 5.91 Å². The largest absolute Gasteiger partial charge is 0.393 e. The molecule has 0 aromatic rings. The van der Waals surface area contributed by atoms with Gasteiger partial charge in [0.2, 0.25) is 5.91 Å². The summed E-state index contributed by atoms with van der Waals surface area (Å²) >= 11 is 4.70. The Morgan fingerprint density at radius 2 is 2.08 bits per heavy atom. The Labute approximate surface area is 78.9 Å². The second-order valence-electron chi connectivity index (χ2n) is 2.78. The Balaban J connectivity index is 3.63. The van der Waals surface area contributed by atoms with Gasteiger partial charge in [0.15, 0.2) is 0 Å². The van der Waals surface area contributed by atoms with Gasteiger partial charge in [-0.2, -0.15) is 0 Å². The van der Waals surface area contributed by atoms with E-state index in [0.29, 0.717) is 24.4 Å². The molecule has 0 aliphatic carbocycles. The molecule has 0 aliphatic heterocycles. The van der Waals surface area contributed by atoms with Crippen LogP contribution in [0.15, 0.2) is 0 Å². The van der Waals surface area contributed by atoms with E-state index >= 15 is 0 Å². The van der Waals surface area contributed by atoms with Crippen LogP contribution in [0, 0.1) is 0 Å². The van der Waals surface area contributed by atoms with Crippen LogP contribution in [0.5, 0.6) is 0 Å². The van der Waals surface area contributed by atoms with Gasteiger partial charge in [0.25, 0.3) is 0 Å². The predicted molar refractivity (Wildman–Crippen MR) is 53.9 cm³/mol. The molecule has 0 spiro atoms. The first-order valence-corrected chi connectivity index (χ1v) is 4.51. The van der Waals surface area contributed by atoms with E-state index in [4.69, 9.17) is 18.0 Å². The van der Waals surface area contributed by atoms with Crippen molar-refractivity contribution in [1.82, 2.24) is 4.90 Å². The second-order valence-corrected chi connectivity index (χ2v) is 3.31. The Morgan fingerprint density at radius 1 is 1.50 bits per heavy atom. The molecule has 0 aromatic carbocycles. The third kappa shape index (κ3) is 5.07. The summed E-state index contributed by atoms with van der Waals surface area (Å²) in [5.74, 6) is 0.161. The van der Waals surface area contributed by atoms with Gasteiger partial charge in [-0.1, -0.05) is 19.1 Å². The van der Waals surface area contributed by atoms with Crippen molar-refractivity contribution in [3.8, 4) is 0 Å². The molecule has 0 aromatic heterocycles. The molecule has 1 amide bonds. The zero-order valence-corrected chi connectivity index (χ0v) is 8.49. The Morgan fingerprint density at radius 3 is 2.50 bits per heavy atom. The van der Waals surface area contributed by atoms with E-state index in [2.05, 4.69) is 0 Å². The number of thiocarbonyl (C=S) groups is 1. The van der Waals surface area contributed by atoms with Crippen LogP contribution in [0.3, 0.4) is 0 Å². The number of nitrogens with two attached hydrogens (primary N) is 1. The fourth-order valence-corrected chi connectivity index (χ4v) is 0.899. The van der Waals surface area contributed by atoms with Gasteiger partial charge in [0, 0.05) is 26.4 Å². The van der Waals surface area contributed by atoms with E-state index in [1.165, 1.54) is 0 Å². The minimum atomic E-state index is 0.161. The van der Waals surface area contributed by atoms with Crippen LogP contribution in [-0.4, -0.2) is 29.4 Å². The standard InChI is InChI=1S/C8H16N2OS/c1-3-4-8(11)10(2)6-5-7(9)12/h3-6H2,1-2H3,(H2,9,12). The van der Waals surface area contributed by atoms with Crippen molar-refractivity contribution in [2.24, 2.45) is 5.73 Å². The summed E-state index contributed by atoms with van der Waals surface area (Å²) in [7, 11) is 1.77. The fraction of sp³-hybridized carbons (Fsp3) is 0.750. The summed E-state index contributed by atoms with van der Waals surface area (Å²) in [5, 5.41) is 0. The van der Waals surface area contributed by atoms with E-state index in [0.717, 1.165) is 6.42 Å². The minimum absolute atomic E-state index is 0.161. The Bertz CT molecular complexity index is 170. The molecule has 4 heteroatoms. The summed E-state index contributed by atoms with van der Waals surface area (Å²) in [6, 6.07) is 0. The van der Waals surface area contributed by atoms with E-state index < -0.39 is 0 Å². The van der Waals surface area contributed by atoms with Crippen LogP contribution in [0.2, 0.25) is 0 Å². The third-order valence-electron chi connectivity index (χ3n) is 1.58. The molecular weight excluding hydrogens is 172 g/mol. The van der Waals surface area contributed by atoms with Gasteiger partial charge in [-0.05, 0) is 6.42 Å². The van der Waals surface area contributed by atoms with Crippen LogP contribution in [0.25, 0.3) is 0 Å². The van der Waals surface area contributed by atoms with Crippen LogP contribution < -0.4 is 5.73 Å². The molecule has 0 saturated carbocycles. The van der Waals surface area contributed by atoms with Gasteiger partial charge < -0.3 is 10.6 Å². The number of carbonyl (C=O) groups is 1. The Kier molecular flexibility index (Phi) is 5.62. The maximum Gasteiger partial charge on any atom is 0.222 e. The number of rotatable bonds is 5. The lowest BCUT2D eigenvalue weighted by molar-refractivity contribution is -0.129. The maximum atomic E-state index is 11.2. The van der Waals surface area contributed by atoms with Gasteiger partial charge in [0.1, 0.15) is 0 Å². The van der Waals surface area contributed by atoms with Crippen molar-refractivity contribution in [2.75, 3.05) is 13.6 Å². The monoisotopic (exact) mass is 188 g/mol. The molecule has 12 heavy (non-hydrogen) atoms. The number of hydrogen-bond donors (Lipinski definition) is 1. The van der Waals surface area contributed by atoms with Crippen LogP contribution in [-0.2, 0) is 4.79 Å². The molecule has 0 rings (SSSR count). The fourth-order valence-electron chi connectivity index (χ4n) is 0.807. The molecule has 0 unspecified atom stereocenters. The highest BCUT2D eigenvalue weighted by atomic mass is 32.1. The zero-order valence-electron chi connectivity index (χ0n) is 7.67. The van der Waals surface area contributed by atoms with Crippen LogP contribution in [0.1, 0.15) is 26.2 Å². The lowest BCUT2D eigenvalue weighted by Gasteiger charge is -2.15. The number of nitrogens with zero attached hydrogens (tertiary/aromatic N) is 1. The van der Waals surface area contributed by atoms with Gasteiger partial charge in [-0.25, -0.2) is 0 Å². The number of hydrogen-bond acceptors (Lipinski definition) is 2.